The predicted molar refractivity (Wildman–Crippen MR) is 242 cm³/mol. The lowest BCUT2D eigenvalue weighted by Crippen LogP contribution is -2.50. The van der Waals surface area contributed by atoms with E-state index in [1.165, 1.54) is 110 Å². The van der Waals surface area contributed by atoms with Gasteiger partial charge in [-0.3, -0.25) is 4.79 Å². The second kappa shape index (κ2) is 21.8. The normalized spacial score (nSPS) is 31.0. The highest BCUT2D eigenvalue weighted by molar-refractivity contribution is 5.79. The molecular formula is C51H92N4O. The molecule has 4 saturated heterocycles. The van der Waals surface area contributed by atoms with Crippen LogP contribution >= 0.6 is 0 Å². The summed E-state index contributed by atoms with van der Waals surface area (Å²) in [7, 11) is 0. The smallest absolute Gasteiger partial charge is 0.226 e. The predicted octanol–water partition coefficient (Wildman–Crippen LogP) is 11.4. The summed E-state index contributed by atoms with van der Waals surface area (Å²) in [5.41, 5.74) is 2.41. The van der Waals surface area contributed by atoms with Gasteiger partial charge < -0.3 is 19.6 Å². The Kier molecular flexibility index (Phi) is 18.4. The number of rotatable bonds is 7. The van der Waals surface area contributed by atoms with Crippen molar-refractivity contribution >= 4 is 5.91 Å². The largest absolute Gasteiger partial charge is 0.342 e. The molecule has 0 aromatic carbocycles. The molecular weight excluding hydrogens is 685 g/mol. The third kappa shape index (κ3) is 13.3. The summed E-state index contributed by atoms with van der Waals surface area (Å²) < 4.78 is 0. The fraction of sp³-hybridized carbons (Fsp3) is 0.902. The molecule has 6 aliphatic rings. The van der Waals surface area contributed by atoms with Gasteiger partial charge in [-0.25, -0.2) is 0 Å². The standard InChI is InChI=1S/C19H36N2O.C17H26.C15H30N2/c1-6-16(5)21-12-9-18(15(4)13-21)19(22)20-10-7-17(8-11-20)14(2)3;1-13(2)5-6-15-11-17(12-15)9-7-16(8-10-17)14(3)4;1-13(2)16-9-5-15(6-10-16)7-11-17(12-8-15)14(3)4/h14-18H,6-13H2,1-5H3;14-16H,1,7-12H2,2-4H3;13-14H,5-12H2,1-4H3/t15-,16?,18+;;/m0../s1. The van der Waals surface area contributed by atoms with Crippen molar-refractivity contribution in [1.29, 1.82) is 0 Å². The van der Waals surface area contributed by atoms with Gasteiger partial charge in [0.05, 0.1) is 0 Å². The molecule has 3 atom stereocenters. The van der Waals surface area contributed by atoms with E-state index in [1.54, 1.807) is 0 Å². The third-order valence-electron chi connectivity index (χ3n) is 16.3. The quantitative estimate of drug-likeness (QED) is 0.241. The molecule has 0 N–H and O–H groups in total. The summed E-state index contributed by atoms with van der Waals surface area (Å²) in [4.78, 5) is 22.9. The van der Waals surface area contributed by atoms with Crippen LogP contribution in [-0.2, 0) is 4.79 Å². The fourth-order valence-corrected chi connectivity index (χ4v) is 11.4. The van der Waals surface area contributed by atoms with Gasteiger partial charge in [0.25, 0.3) is 0 Å². The maximum atomic E-state index is 12.9. The summed E-state index contributed by atoms with van der Waals surface area (Å²) in [6.45, 7) is 40.9. The molecule has 2 saturated carbocycles. The van der Waals surface area contributed by atoms with Crippen molar-refractivity contribution in [1.82, 2.24) is 19.6 Å². The van der Waals surface area contributed by atoms with Crippen LogP contribution in [0.3, 0.4) is 0 Å². The van der Waals surface area contributed by atoms with Crippen molar-refractivity contribution in [2.75, 3.05) is 52.4 Å². The topological polar surface area (TPSA) is 30.0 Å². The second-order valence-electron chi connectivity index (χ2n) is 21.5. The van der Waals surface area contributed by atoms with Crippen LogP contribution in [0.5, 0.6) is 0 Å². The van der Waals surface area contributed by atoms with Crippen molar-refractivity contribution in [2.45, 2.75) is 191 Å². The summed E-state index contributed by atoms with van der Waals surface area (Å²) in [5.74, 6) is 11.8. The highest BCUT2D eigenvalue weighted by Crippen LogP contribution is 2.56. The molecule has 0 bridgehead atoms. The minimum Gasteiger partial charge on any atom is -0.342 e. The van der Waals surface area contributed by atoms with Crippen LogP contribution in [0.25, 0.3) is 0 Å². The lowest BCUT2D eigenvalue weighted by molar-refractivity contribution is -0.141. The minimum atomic E-state index is 0.260. The number of carbonyl (C=O) groups is 1. The Balaban J connectivity index is 0.000000189. The Morgan fingerprint density at radius 3 is 1.55 bits per heavy atom. The van der Waals surface area contributed by atoms with Crippen LogP contribution in [0, 0.1) is 64.1 Å². The van der Waals surface area contributed by atoms with Gasteiger partial charge in [0.1, 0.15) is 0 Å². The lowest BCUT2D eigenvalue weighted by atomic mass is 9.54. The molecule has 0 radical (unpaired) electrons. The number of hydrogen-bond acceptors (Lipinski definition) is 4. The number of piperidine rings is 4. The monoisotopic (exact) mass is 777 g/mol. The van der Waals surface area contributed by atoms with E-state index < -0.39 is 0 Å². The van der Waals surface area contributed by atoms with Gasteiger partial charge in [-0.15, -0.1) is 0 Å². The van der Waals surface area contributed by atoms with Gasteiger partial charge in [0, 0.05) is 49.6 Å². The molecule has 1 unspecified atom stereocenters. The molecule has 1 amide bonds. The molecule has 2 spiro atoms. The first kappa shape index (κ1) is 47.3. The molecule has 5 heteroatoms. The molecule has 6 fully saturated rings. The van der Waals surface area contributed by atoms with Gasteiger partial charge >= 0.3 is 0 Å². The molecule has 322 valence electrons. The van der Waals surface area contributed by atoms with Gasteiger partial charge in [0.2, 0.25) is 5.91 Å². The number of amides is 1. The summed E-state index contributed by atoms with van der Waals surface area (Å²) >= 11 is 0. The van der Waals surface area contributed by atoms with Crippen LogP contribution in [0.2, 0.25) is 0 Å². The minimum absolute atomic E-state index is 0.260. The summed E-state index contributed by atoms with van der Waals surface area (Å²) in [6, 6.07) is 2.13. The van der Waals surface area contributed by atoms with Crippen molar-refractivity contribution in [3.05, 3.63) is 12.2 Å². The van der Waals surface area contributed by atoms with E-state index in [0.717, 1.165) is 73.9 Å². The van der Waals surface area contributed by atoms with E-state index in [0.29, 0.717) is 34.6 Å². The fourth-order valence-electron chi connectivity index (χ4n) is 11.4. The summed E-state index contributed by atoms with van der Waals surface area (Å²) in [5, 5.41) is 0. The molecule has 2 aliphatic carbocycles. The Hall–Kier alpha value is -1.35. The number of carbonyl (C=O) groups excluding carboxylic acids is 1. The van der Waals surface area contributed by atoms with E-state index >= 15 is 0 Å². The van der Waals surface area contributed by atoms with Crippen molar-refractivity contribution < 1.29 is 4.79 Å². The molecule has 0 aromatic rings. The molecule has 4 heterocycles. The van der Waals surface area contributed by atoms with Crippen LogP contribution < -0.4 is 0 Å². The number of likely N-dealkylation sites (tertiary alicyclic amines) is 4. The van der Waals surface area contributed by atoms with Crippen molar-refractivity contribution in [2.24, 2.45) is 52.3 Å². The molecule has 6 rings (SSSR count). The average Bonchev–Trinajstić information content (AvgIpc) is 3.16. The van der Waals surface area contributed by atoms with E-state index in [4.69, 9.17) is 0 Å². The van der Waals surface area contributed by atoms with Crippen LogP contribution in [0.15, 0.2) is 12.2 Å². The number of nitrogens with zero attached hydrogens (tertiary/aromatic N) is 4. The van der Waals surface area contributed by atoms with E-state index in [2.05, 4.69) is 114 Å². The third-order valence-corrected chi connectivity index (χ3v) is 16.3. The first-order chi connectivity index (χ1) is 26.5. The van der Waals surface area contributed by atoms with Crippen LogP contribution in [0.1, 0.15) is 173 Å². The molecule has 4 aliphatic heterocycles. The van der Waals surface area contributed by atoms with Gasteiger partial charge in [-0.2, -0.15) is 0 Å². The lowest BCUT2D eigenvalue weighted by Gasteiger charge is -2.50. The van der Waals surface area contributed by atoms with E-state index in [9.17, 15) is 4.79 Å². The van der Waals surface area contributed by atoms with Crippen molar-refractivity contribution in [3.8, 4) is 11.8 Å². The first-order valence-corrected chi connectivity index (χ1v) is 24.1. The average molecular weight is 777 g/mol. The highest BCUT2D eigenvalue weighted by atomic mass is 16.2. The zero-order valence-corrected chi connectivity index (χ0v) is 39.2. The maximum absolute atomic E-state index is 12.9. The van der Waals surface area contributed by atoms with E-state index in [1.807, 2.05) is 6.92 Å². The SMILES string of the molecule is C=C(C)C#CC1CC2(CCC(C(C)C)CC2)C1.CC(C)N1CCC2(CC1)CCN(C(C)C)CC2.CCC(C)N1CC[C@@H](C(=O)N2CCC(C(C)C)CC2)[C@@H](C)C1. The van der Waals surface area contributed by atoms with E-state index in [-0.39, 0.29) is 5.92 Å². The summed E-state index contributed by atoms with van der Waals surface area (Å²) in [6.07, 6.45) is 19.0. The Labute approximate surface area is 348 Å². The molecule has 0 aromatic heterocycles. The second-order valence-corrected chi connectivity index (χ2v) is 21.5. The first-order valence-electron chi connectivity index (χ1n) is 24.1. The zero-order valence-electron chi connectivity index (χ0n) is 39.2. The number of hydrogen-bond donors (Lipinski definition) is 0. The van der Waals surface area contributed by atoms with Gasteiger partial charge in [-0.1, -0.05) is 60.0 Å². The molecule has 5 nitrogen and oxygen atoms in total. The van der Waals surface area contributed by atoms with Crippen LogP contribution in [-0.4, -0.2) is 96.0 Å². The van der Waals surface area contributed by atoms with Gasteiger partial charge in [0.15, 0.2) is 0 Å². The van der Waals surface area contributed by atoms with Crippen LogP contribution in [0.4, 0.5) is 0 Å². The highest BCUT2D eigenvalue weighted by Gasteiger charge is 2.45. The van der Waals surface area contributed by atoms with Crippen molar-refractivity contribution in [3.63, 3.8) is 0 Å². The van der Waals surface area contributed by atoms with Gasteiger partial charge in [-0.05, 0) is 210 Å². The zero-order chi connectivity index (χ0) is 41.2. The Bertz CT molecular complexity index is 1200. The Morgan fingerprint density at radius 1 is 0.661 bits per heavy atom. The Morgan fingerprint density at radius 2 is 1.14 bits per heavy atom. The maximum Gasteiger partial charge on any atom is 0.226 e. The molecule has 56 heavy (non-hydrogen) atoms. The number of allylic oxidation sites excluding steroid dienone is 1.